The van der Waals surface area contributed by atoms with Crippen LogP contribution in [0.1, 0.15) is 0 Å². The van der Waals surface area contributed by atoms with Crippen molar-refractivity contribution in [2.24, 2.45) is 5.41 Å². The zero-order valence-electron chi connectivity index (χ0n) is 10.5. The van der Waals surface area contributed by atoms with Crippen LogP contribution in [0.2, 0.25) is 0 Å². The quantitative estimate of drug-likeness (QED) is 0.667. The summed E-state index contributed by atoms with van der Waals surface area (Å²) >= 11 is 0. The Morgan fingerprint density at radius 1 is 0.520 bits per heavy atom. The highest BCUT2D eigenvalue weighted by Crippen LogP contribution is 2.71. The normalized spacial score (nSPS) is 16.1. The van der Waals surface area contributed by atoms with E-state index in [1.807, 2.05) is 0 Å². The Bertz CT molecular complexity index is 490. The molecular weight excluding hydrogens is 413 g/mol. The molecule has 0 aliphatic carbocycles. The maximum absolute atomic E-state index is 13.5. The molecule has 0 unspecified atom stereocenters. The van der Waals surface area contributed by atoms with Crippen molar-refractivity contribution in [1.82, 2.24) is 0 Å². The van der Waals surface area contributed by atoms with E-state index in [-0.39, 0.29) is 0 Å². The van der Waals surface area contributed by atoms with Crippen molar-refractivity contribution >= 4 is 5.97 Å². The van der Waals surface area contributed by atoms with Crippen LogP contribution in [0.3, 0.4) is 0 Å². The molecule has 0 N–H and O–H groups in total. The van der Waals surface area contributed by atoms with Crippen LogP contribution in [0.5, 0.6) is 0 Å². The number of carboxylic acids is 1. The summed E-state index contributed by atoms with van der Waals surface area (Å²) in [4.78, 5) is 9.90. The average molecular weight is 413 g/mol. The van der Waals surface area contributed by atoms with Crippen LogP contribution in [-0.4, -0.2) is 42.3 Å². The number of carbonyl (C=O) groups excluding carboxylic acids is 1. The lowest BCUT2D eigenvalue weighted by molar-refractivity contribution is -0.503. The fourth-order valence-electron chi connectivity index (χ4n) is 1.86. The SMILES string of the molecule is O=C([O-])C(F)(F)C(C(F)(F)F)(C(F)(F)F)C(F)(C(F)(F)F)C(F)(F)F. The molecule has 0 saturated carbocycles. The van der Waals surface area contributed by atoms with Gasteiger partial charge in [0.1, 0.15) is 5.97 Å². The number of halogens is 15. The predicted octanol–water partition coefficient (Wildman–Crippen LogP) is 3.32. The van der Waals surface area contributed by atoms with Crippen molar-refractivity contribution in [3.63, 3.8) is 0 Å². The molecule has 0 atom stereocenters. The molecule has 0 aliphatic rings. The standard InChI is InChI=1S/C8HF15O2/c9-2(10,1(24)25)3(5(12,13)14,6(15,16)17)4(11,7(18,19)20)8(21,22)23/h(H,24,25)/p-1. The van der Waals surface area contributed by atoms with Crippen LogP contribution < -0.4 is 5.11 Å². The molecule has 0 amide bonds. The Kier molecular flexibility index (Phi) is 5.11. The summed E-state index contributed by atoms with van der Waals surface area (Å²) in [6.07, 6.45) is -33.5. The van der Waals surface area contributed by atoms with Crippen LogP contribution in [0, 0.1) is 5.41 Å². The highest BCUT2D eigenvalue weighted by atomic mass is 19.4. The maximum Gasteiger partial charge on any atom is 0.433 e. The molecule has 25 heavy (non-hydrogen) atoms. The average Bonchev–Trinajstić information content (AvgIpc) is 2.20. The van der Waals surface area contributed by atoms with Gasteiger partial charge in [-0.3, -0.25) is 0 Å². The number of aliphatic carboxylic acids is 1. The number of rotatable bonds is 3. The lowest BCUT2D eigenvalue weighted by atomic mass is 9.65. The summed E-state index contributed by atoms with van der Waals surface area (Å²) in [5.74, 6) is -13.1. The van der Waals surface area contributed by atoms with E-state index in [1.165, 1.54) is 0 Å². The number of hydrogen-bond acceptors (Lipinski definition) is 2. The van der Waals surface area contributed by atoms with Gasteiger partial charge in [-0.2, -0.15) is 61.5 Å². The van der Waals surface area contributed by atoms with E-state index in [4.69, 9.17) is 0 Å². The molecular formula is C8F15O2-. The summed E-state index contributed by atoms with van der Waals surface area (Å²) in [7, 11) is 0. The van der Waals surface area contributed by atoms with Crippen LogP contribution in [-0.2, 0) is 4.79 Å². The Labute approximate surface area is 125 Å². The Morgan fingerprint density at radius 2 is 0.760 bits per heavy atom. The summed E-state index contributed by atoms with van der Waals surface area (Å²) in [5, 5.41) is 9.90. The van der Waals surface area contributed by atoms with Crippen molar-refractivity contribution in [2.75, 3.05) is 0 Å². The molecule has 0 radical (unpaired) electrons. The first kappa shape index (κ1) is 23.4. The van der Waals surface area contributed by atoms with Gasteiger partial charge in [-0.25, -0.2) is 4.39 Å². The molecule has 17 heteroatoms. The summed E-state index contributed by atoms with van der Waals surface area (Å²) in [5.41, 5.74) is -17.6. The van der Waals surface area contributed by atoms with Gasteiger partial charge < -0.3 is 9.90 Å². The fourth-order valence-corrected chi connectivity index (χ4v) is 1.86. The molecule has 0 heterocycles. The van der Waals surface area contributed by atoms with Crippen molar-refractivity contribution < 1.29 is 75.8 Å². The number of hydrogen-bond donors (Lipinski definition) is 0. The van der Waals surface area contributed by atoms with Gasteiger partial charge in [0.25, 0.3) is 5.41 Å². The summed E-state index contributed by atoms with van der Waals surface area (Å²) in [6, 6.07) is 0. The van der Waals surface area contributed by atoms with Crippen LogP contribution in [0.25, 0.3) is 0 Å². The lowest BCUT2D eigenvalue weighted by Gasteiger charge is -2.50. The number of carbonyl (C=O) groups is 1. The van der Waals surface area contributed by atoms with E-state index in [2.05, 4.69) is 0 Å². The minimum atomic E-state index is -8.80. The van der Waals surface area contributed by atoms with Gasteiger partial charge >= 0.3 is 36.3 Å². The number of alkyl halides is 15. The van der Waals surface area contributed by atoms with Gasteiger partial charge in [0, 0.05) is 0 Å². The largest absolute Gasteiger partial charge is 0.544 e. The van der Waals surface area contributed by atoms with E-state index in [0.717, 1.165) is 0 Å². The summed E-state index contributed by atoms with van der Waals surface area (Å²) < 4.78 is 189. The van der Waals surface area contributed by atoms with E-state index in [1.54, 1.807) is 0 Å². The third-order valence-corrected chi connectivity index (χ3v) is 2.88. The second-order valence-corrected chi connectivity index (χ2v) is 4.26. The molecule has 150 valence electrons. The lowest BCUT2D eigenvalue weighted by Crippen LogP contribution is -2.81. The molecule has 0 spiro atoms. The second-order valence-electron chi connectivity index (χ2n) is 4.26. The smallest absolute Gasteiger partial charge is 0.433 e. The minimum Gasteiger partial charge on any atom is -0.544 e. The van der Waals surface area contributed by atoms with Crippen LogP contribution >= 0.6 is 0 Å². The van der Waals surface area contributed by atoms with Crippen molar-refractivity contribution in [3.8, 4) is 0 Å². The zero-order chi connectivity index (χ0) is 21.1. The van der Waals surface area contributed by atoms with Gasteiger partial charge in [-0.15, -0.1) is 0 Å². The first-order valence-electron chi connectivity index (χ1n) is 4.99. The maximum atomic E-state index is 13.5. The van der Waals surface area contributed by atoms with E-state index in [0.29, 0.717) is 0 Å². The Hall–Kier alpha value is -1.58. The van der Waals surface area contributed by atoms with E-state index in [9.17, 15) is 75.8 Å². The first-order valence-corrected chi connectivity index (χ1v) is 4.99. The topological polar surface area (TPSA) is 40.1 Å². The summed E-state index contributed by atoms with van der Waals surface area (Å²) in [6.45, 7) is 0. The zero-order valence-corrected chi connectivity index (χ0v) is 10.5. The van der Waals surface area contributed by atoms with E-state index >= 15 is 0 Å². The molecule has 0 aromatic carbocycles. The Balaban J connectivity index is 7.79. The monoisotopic (exact) mass is 413 g/mol. The molecule has 0 rings (SSSR count). The highest BCUT2D eigenvalue weighted by molar-refractivity contribution is 5.75. The molecule has 0 aromatic heterocycles. The minimum absolute atomic E-state index is 4.97. The predicted molar refractivity (Wildman–Crippen MR) is 40.4 cm³/mol. The van der Waals surface area contributed by atoms with Crippen molar-refractivity contribution in [3.05, 3.63) is 0 Å². The second kappa shape index (κ2) is 5.46. The van der Waals surface area contributed by atoms with Crippen molar-refractivity contribution in [2.45, 2.75) is 36.3 Å². The van der Waals surface area contributed by atoms with Gasteiger partial charge in [0.05, 0.1) is 0 Å². The molecule has 0 aliphatic heterocycles. The molecule has 0 aromatic rings. The fraction of sp³-hybridized carbons (Fsp3) is 0.875. The van der Waals surface area contributed by atoms with Gasteiger partial charge in [-0.1, -0.05) is 0 Å². The molecule has 0 saturated heterocycles. The van der Waals surface area contributed by atoms with Gasteiger partial charge in [0.15, 0.2) is 0 Å². The van der Waals surface area contributed by atoms with Gasteiger partial charge in [0.2, 0.25) is 0 Å². The molecule has 0 fully saturated rings. The van der Waals surface area contributed by atoms with Crippen molar-refractivity contribution in [1.29, 1.82) is 0 Å². The first-order chi connectivity index (χ1) is 10.4. The van der Waals surface area contributed by atoms with Crippen LogP contribution in [0.4, 0.5) is 65.9 Å². The third-order valence-electron chi connectivity index (χ3n) is 2.88. The van der Waals surface area contributed by atoms with Gasteiger partial charge in [-0.05, 0) is 0 Å². The highest BCUT2D eigenvalue weighted by Gasteiger charge is 3.01. The molecule has 0 bridgehead atoms. The van der Waals surface area contributed by atoms with Crippen LogP contribution in [0.15, 0.2) is 0 Å². The van der Waals surface area contributed by atoms with E-state index < -0.39 is 47.7 Å². The Morgan fingerprint density at radius 3 is 0.880 bits per heavy atom. The number of carboxylic acid groups (broad SMARTS) is 1. The third kappa shape index (κ3) is 2.74. The molecule has 2 nitrogen and oxygen atoms in total.